The molecule has 5 rings (SSSR count). The predicted molar refractivity (Wildman–Crippen MR) is 96.2 cm³/mol. The van der Waals surface area contributed by atoms with Gasteiger partial charge in [0.1, 0.15) is 4.90 Å². The van der Waals surface area contributed by atoms with Crippen molar-refractivity contribution in [3.8, 4) is 0 Å². The van der Waals surface area contributed by atoms with Crippen LogP contribution in [0.4, 0.5) is 0 Å². The maximum Gasteiger partial charge on any atom is 0.242 e. The normalized spacial score (nSPS) is 34.0. The van der Waals surface area contributed by atoms with Gasteiger partial charge in [-0.05, 0) is 86.3 Å². The van der Waals surface area contributed by atoms with Crippen molar-refractivity contribution in [2.45, 2.75) is 56.4 Å². The second kappa shape index (κ2) is 6.21. The lowest BCUT2D eigenvalue weighted by Gasteiger charge is -2.59. The van der Waals surface area contributed by atoms with Crippen LogP contribution in [0.2, 0.25) is 5.02 Å². The first-order valence-corrected chi connectivity index (χ1v) is 11.1. The number of rotatable bonds is 5. The Bertz CT molecular complexity index is 816. The molecule has 4 saturated carbocycles. The third kappa shape index (κ3) is 3.06. The first kappa shape index (κ1) is 18.3. The average Bonchev–Trinajstić information content (AvgIpc) is 2.53. The molecule has 5 nitrogen and oxygen atoms in total. The fourth-order valence-electron chi connectivity index (χ4n) is 5.97. The number of nitrogens with one attached hydrogen (secondary N) is 1. The van der Waals surface area contributed by atoms with Crippen molar-refractivity contribution in [2.75, 3.05) is 0 Å². The van der Waals surface area contributed by atoms with Crippen molar-refractivity contribution in [3.63, 3.8) is 0 Å². The van der Waals surface area contributed by atoms with E-state index in [2.05, 4.69) is 4.72 Å². The zero-order chi connectivity index (χ0) is 18.7. The topological polar surface area (TPSA) is 86.3 Å². The van der Waals surface area contributed by atoms with E-state index in [1.807, 2.05) is 6.92 Å². The number of benzene rings is 1. The van der Waals surface area contributed by atoms with Crippen LogP contribution in [0, 0.1) is 23.2 Å². The number of halogens is 1. The van der Waals surface area contributed by atoms with Gasteiger partial charge in [-0.1, -0.05) is 17.7 Å². The molecule has 1 atom stereocenters. The van der Waals surface area contributed by atoms with Crippen molar-refractivity contribution in [1.29, 1.82) is 0 Å². The van der Waals surface area contributed by atoms with Crippen molar-refractivity contribution in [2.24, 2.45) is 23.2 Å². The Morgan fingerprint density at radius 3 is 2.23 bits per heavy atom. The zero-order valence-corrected chi connectivity index (χ0v) is 16.3. The molecule has 26 heavy (non-hydrogen) atoms. The highest BCUT2D eigenvalue weighted by Crippen LogP contribution is 2.61. The molecule has 4 bridgehead atoms. The van der Waals surface area contributed by atoms with E-state index >= 15 is 0 Å². The fraction of sp³-hybridized carbons (Fsp3) is 0.632. The molecule has 4 fully saturated rings. The summed E-state index contributed by atoms with van der Waals surface area (Å²) >= 11 is 6.06. The highest BCUT2D eigenvalue weighted by molar-refractivity contribution is 7.89. The van der Waals surface area contributed by atoms with E-state index in [1.54, 1.807) is 0 Å². The van der Waals surface area contributed by atoms with E-state index in [4.69, 9.17) is 11.6 Å². The number of carbonyl (C=O) groups is 1. The van der Waals surface area contributed by atoms with Crippen LogP contribution >= 0.6 is 11.6 Å². The van der Waals surface area contributed by atoms with Crippen LogP contribution in [0.15, 0.2) is 23.1 Å². The third-order valence-corrected chi connectivity index (χ3v) is 8.81. The molecule has 0 aromatic heterocycles. The maximum absolute atomic E-state index is 12.9. The lowest BCUT2D eigenvalue weighted by atomic mass is 9.48. The molecule has 1 aromatic rings. The van der Waals surface area contributed by atoms with Crippen LogP contribution in [0.25, 0.3) is 0 Å². The van der Waals surface area contributed by atoms with Gasteiger partial charge in [0, 0.05) is 6.04 Å². The molecule has 4 aliphatic rings. The van der Waals surface area contributed by atoms with Crippen molar-refractivity contribution in [1.82, 2.24) is 4.72 Å². The molecular weight excluding hydrogens is 374 g/mol. The van der Waals surface area contributed by atoms with Gasteiger partial charge in [-0.15, -0.1) is 0 Å². The first-order chi connectivity index (χ1) is 12.2. The molecule has 4 aliphatic carbocycles. The number of carboxylic acid groups (broad SMARTS) is 1. The Morgan fingerprint density at radius 1 is 1.19 bits per heavy atom. The Hall–Kier alpha value is -1.11. The van der Waals surface area contributed by atoms with Crippen molar-refractivity contribution >= 4 is 27.6 Å². The van der Waals surface area contributed by atoms with E-state index in [-0.39, 0.29) is 26.9 Å². The minimum atomic E-state index is -3.91. The summed E-state index contributed by atoms with van der Waals surface area (Å²) in [5.41, 5.74) is -0.183. The molecule has 0 heterocycles. The van der Waals surface area contributed by atoms with E-state index in [1.165, 1.54) is 31.4 Å². The van der Waals surface area contributed by atoms with Gasteiger partial charge in [-0.2, -0.15) is 0 Å². The SMILES string of the molecule is C[C@@H](NS(=O)(=O)c1cc(C(=O)[O-])ccc1Cl)C12CC3CC(CC(C3)C1)C2. The van der Waals surface area contributed by atoms with E-state index in [0.29, 0.717) is 0 Å². The largest absolute Gasteiger partial charge is 0.545 e. The summed E-state index contributed by atoms with van der Waals surface area (Å²) in [6.45, 7) is 1.95. The summed E-state index contributed by atoms with van der Waals surface area (Å²) in [5.74, 6) is 0.738. The fourth-order valence-corrected chi connectivity index (χ4v) is 7.84. The van der Waals surface area contributed by atoms with Crippen molar-refractivity contribution < 1.29 is 18.3 Å². The lowest BCUT2D eigenvalue weighted by Crippen LogP contribution is -2.55. The summed E-state index contributed by atoms with van der Waals surface area (Å²) in [5, 5.41) is 11.1. The second-order valence-corrected chi connectivity index (χ2v) is 10.6. The van der Waals surface area contributed by atoms with Gasteiger partial charge in [0.2, 0.25) is 10.0 Å². The number of sulfonamides is 1. The van der Waals surface area contributed by atoms with E-state index in [9.17, 15) is 18.3 Å². The highest BCUT2D eigenvalue weighted by atomic mass is 35.5. The Labute approximate surface area is 159 Å². The summed E-state index contributed by atoms with van der Waals surface area (Å²) in [6.07, 6.45) is 7.11. The van der Waals surface area contributed by atoms with Crippen LogP contribution in [-0.2, 0) is 10.0 Å². The summed E-state index contributed by atoms with van der Waals surface area (Å²) in [6, 6.07) is 3.41. The number of hydrogen-bond donors (Lipinski definition) is 1. The standard InChI is InChI=1S/C19H24ClNO4S/c1-11(19-8-12-4-13(9-19)6-14(5-12)10-19)21-26(24,25)17-7-15(18(22)23)2-3-16(17)20/h2-3,7,11-14,21H,4-6,8-10H2,1H3,(H,22,23)/p-1/t11-,12?,13?,14?,19?/m1/s1. The monoisotopic (exact) mass is 396 g/mol. The van der Waals surface area contributed by atoms with Gasteiger partial charge in [0.25, 0.3) is 0 Å². The summed E-state index contributed by atoms with van der Waals surface area (Å²) < 4.78 is 28.7. The molecule has 0 spiro atoms. The van der Waals surface area contributed by atoms with Gasteiger partial charge >= 0.3 is 0 Å². The molecule has 0 saturated heterocycles. The number of carbonyl (C=O) groups excluding carboxylic acids is 1. The van der Waals surface area contributed by atoms with Crippen LogP contribution in [0.5, 0.6) is 0 Å². The molecule has 0 aliphatic heterocycles. The summed E-state index contributed by atoms with van der Waals surface area (Å²) in [7, 11) is -3.91. The van der Waals surface area contributed by atoms with Crippen LogP contribution < -0.4 is 9.83 Å². The van der Waals surface area contributed by atoms with Gasteiger partial charge in [-0.3, -0.25) is 0 Å². The molecule has 142 valence electrons. The van der Waals surface area contributed by atoms with E-state index in [0.717, 1.165) is 43.1 Å². The Balaban J connectivity index is 1.60. The molecule has 7 heteroatoms. The molecule has 0 amide bonds. The smallest absolute Gasteiger partial charge is 0.242 e. The molecular formula is C19H23ClNO4S-. The Morgan fingerprint density at radius 2 is 1.73 bits per heavy atom. The summed E-state index contributed by atoms with van der Waals surface area (Å²) in [4.78, 5) is 10.9. The van der Waals surface area contributed by atoms with Crippen LogP contribution in [-0.4, -0.2) is 20.4 Å². The average molecular weight is 397 g/mol. The minimum absolute atomic E-state index is 0.0141. The van der Waals surface area contributed by atoms with Gasteiger partial charge < -0.3 is 9.90 Å². The third-order valence-electron chi connectivity index (χ3n) is 6.79. The lowest BCUT2D eigenvalue weighted by molar-refractivity contribution is -0.255. The van der Waals surface area contributed by atoms with Crippen LogP contribution in [0.3, 0.4) is 0 Å². The van der Waals surface area contributed by atoms with Gasteiger partial charge in [0.15, 0.2) is 0 Å². The van der Waals surface area contributed by atoms with Gasteiger partial charge in [-0.25, -0.2) is 13.1 Å². The second-order valence-electron chi connectivity index (χ2n) is 8.56. The molecule has 0 unspecified atom stereocenters. The first-order valence-electron chi connectivity index (χ1n) is 9.22. The Kier molecular flexibility index (Phi) is 4.36. The minimum Gasteiger partial charge on any atom is -0.545 e. The number of hydrogen-bond acceptors (Lipinski definition) is 4. The predicted octanol–water partition coefficient (Wildman–Crippen LogP) is 2.59. The molecule has 1 N–H and O–H groups in total. The molecule has 0 radical (unpaired) electrons. The zero-order valence-electron chi connectivity index (χ0n) is 14.7. The van der Waals surface area contributed by atoms with E-state index < -0.39 is 16.0 Å². The molecule has 1 aromatic carbocycles. The quantitative estimate of drug-likeness (QED) is 0.828. The number of aromatic carboxylic acids is 1. The highest BCUT2D eigenvalue weighted by Gasteiger charge is 2.53. The van der Waals surface area contributed by atoms with Crippen molar-refractivity contribution in [3.05, 3.63) is 28.8 Å². The maximum atomic E-state index is 12.9. The number of carboxylic acids is 1. The van der Waals surface area contributed by atoms with Crippen LogP contribution in [0.1, 0.15) is 55.8 Å². The van der Waals surface area contributed by atoms with Gasteiger partial charge in [0.05, 0.1) is 11.0 Å².